The zero-order valence-corrected chi connectivity index (χ0v) is 12.8. The predicted molar refractivity (Wildman–Crippen MR) is 81.6 cm³/mol. The highest BCUT2D eigenvalue weighted by atomic mass is 15.2. The molecule has 3 heterocycles. The van der Waals surface area contributed by atoms with Crippen LogP contribution in [-0.4, -0.2) is 40.6 Å². The Bertz CT molecular complexity index is 414. The Morgan fingerprint density at radius 2 is 2.25 bits per heavy atom. The third kappa shape index (κ3) is 3.07. The number of aryl methyl sites for hydroxylation is 1. The number of rotatable bonds is 4. The minimum Gasteiger partial charge on any atom is -0.333 e. The van der Waals surface area contributed by atoms with E-state index in [-0.39, 0.29) is 0 Å². The first kappa shape index (κ1) is 14.1. The topological polar surface area (TPSA) is 33.1 Å². The summed E-state index contributed by atoms with van der Waals surface area (Å²) in [4.78, 5) is 6.99. The maximum atomic E-state index is 4.33. The van der Waals surface area contributed by atoms with Crippen LogP contribution in [0, 0.1) is 5.41 Å². The number of hydrogen-bond acceptors (Lipinski definition) is 3. The highest BCUT2D eigenvalue weighted by Crippen LogP contribution is 2.36. The third-order valence-electron chi connectivity index (χ3n) is 4.95. The van der Waals surface area contributed by atoms with Gasteiger partial charge in [0.25, 0.3) is 0 Å². The van der Waals surface area contributed by atoms with Gasteiger partial charge in [0.15, 0.2) is 0 Å². The number of imidazole rings is 1. The van der Waals surface area contributed by atoms with Gasteiger partial charge in [-0.05, 0) is 50.6 Å². The third-order valence-corrected chi connectivity index (χ3v) is 4.95. The van der Waals surface area contributed by atoms with Crippen molar-refractivity contribution in [3.05, 3.63) is 18.2 Å². The van der Waals surface area contributed by atoms with E-state index in [4.69, 9.17) is 0 Å². The Hall–Kier alpha value is -0.870. The molecule has 2 aliphatic rings. The smallest absolute Gasteiger partial charge is 0.0948 e. The molecule has 1 aromatic rings. The van der Waals surface area contributed by atoms with Crippen LogP contribution in [0.5, 0.6) is 0 Å². The Balaban J connectivity index is 1.63. The van der Waals surface area contributed by atoms with E-state index in [9.17, 15) is 0 Å². The molecule has 2 saturated heterocycles. The molecule has 0 aromatic carbocycles. The van der Waals surface area contributed by atoms with Crippen molar-refractivity contribution in [2.45, 2.75) is 52.1 Å². The first-order valence-corrected chi connectivity index (χ1v) is 8.23. The largest absolute Gasteiger partial charge is 0.333 e. The van der Waals surface area contributed by atoms with Gasteiger partial charge in [0.2, 0.25) is 0 Å². The van der Waals surface area contributed by atoms with Crippen molar-refractivity contribution in [3.63, 3.8) is 0 Å². The number of nitrogens with zero attached hydrogens (tertiary/aromatic N) is 3. The molecule has 0 saturated carbocycles. The molecule has 1 N–H and O–H groups in total. The van der Waals surface area contributed by atoms with Crippen molar-refractivity contribution in [2.24, 2.45) is 5.41 Å². The maximum Gasteiger partial charge on any atom is 0.0948 e. The second-order valence-electron chi connectivity index (χ2n) is 6.67. The minimum atomic E-state index is 0.548. The summed E-state index contributed by atoms with van der Waals surface area (Å²) in [5.41, 5.74) is 1.93. The van der Waals surface area contributed by atoms with E-state index in [0.29, 0.717) is 5.41 Å². The van der Waals surface area contributed by atoms with Crippen LogP contribution < -0.4 is 5.32 Å². The zero-order chi connectivity index (χ0) is 13.8. The Kier molecular flexibility index (Phi) is 4.41. The lowest BCUT2D eigenvalue weighted by molar-refractivity contribution is 0.0587. The van der Waals surface area contributed by atoms with Gasteiger partial charge in [-0.3, -0.25) is 4.90 Å². The first-order chi connectivity index (χ1) is 9.81. The second-order valence-corrected chi connectivity index (χ2v) is 6.67. The molecule has 20 heavy (non-hydrogen) atoms. The predicted octanol–water partition coefficient (Wildman–Crippen LogP) is 2.26. The molecule has 2 aliphatic heterocycles. The SMILES string of the molecule is CCCn1cncc1CN1CCCC2(CCCNC2)C1. The minimum absolute atomic E-state index is 0.548. The molecule has 1 spiro atoms. The molecule has 0 aliphatic carbocycles. The van der Waals surface area contributed by atoms with Crippen LogP contribution in [0.3, 0.4) is 0 Å². The molecule has 0 bridgehead atoms. The highest BCUT2D eigenvalue weighted by Gasteiger charge is 2.36. The van der Waals surface area contributed by atoms with E-state index in [1.807, 2.05) is 6.33 Å². The van der Waals surface area contributed by atoms with Gasteiger partial charge < -0.3 is 9.88 Å². The van der Waals surface area contributed by atoms with Crippen LogP contribution in [0.25, 0.3) is 0 Å². The van der Waals surface area contributed by atoms with Crippen molar-refractivity contribution in [1.29, 1.82) is 0 Å². The summed E-state index contributed by atoms with van der Waals surface area (Å²) in [5, 5.41) is 3.61. The van der Waals surface area contributed by atoms with Crippen LogP contribution in [-0.2, 0) is 13.1 Å². The highest BCUT2D eigenvalue weighted by molar-refractivity contribution is 5.00. The van der Waals surface area contributed by atoms with Crippen LogP contribution in [0.1, 0.15) is 44.7 Å². The number of likely N-dealkylation sites (tertiary alicyclic amines) is 1. The molecule has 2 fully saturated rings. The van der Waals surface area contributed by atoms with E-state index in [1.165, 1.54) is 64.0 Å². The van der Waals surface area contributed by atoms with Crippen molar-refractivity contribution in [3.8, 4) is 0 Å². The van der Waals surface area contributed by atoms with E-state index in [2.05, 4.69) is 32.9 Å². The molecular weight excluding hydrogens is 248 g/mol. The summed E-state index contributed by atoms with van der Waals surface area (Å²) >= 11 is 0. The van der Waals surface area contributed by atoms with Gasteiger partial charge in [-0.25, -0.2) is 4.98 Å². The molecule has 0 amide bonds. The van der Waals surface area contributed by atoms with E-state index < -0.39 is 0 Å². The van der Waals surface area contributed by atoms with Gasteiger partial charge in [0.1, 0.15) is 0 Å². The molecule has 1 atom stereocenters. The summed E-state index contributed by atoms with van der Waals surface area (Å²) in [7, 11) is 0. The molecule has 4 heteroatoms. The van der Waals surface area contributed by atoms with Crippen LogP contribution in [0.2, 0.25) is 0 Å². The van der Waals surface area contributed by atoms with E-state index in [0.717, 1.165) is 13.1 Å². The molecule has 0 radical (unpaired) electrons. The fraction of sp³-hybridized carbons (Fsp3) is 0.812. The standard InChI is InChI=1S/C16H28N4/c1-2-8-20-14-18-10-15(20)11-19-9-4-6-16(13-19)5-3-7-17-12-16/h10,14,17H,2-9,11-13H2,1H3. The first-order valence-electron chi connectivity index (χ1n) is 8.23. The van der Waals surface area contributed by atoms with Crippen molar-refractivity contribution >= 4 is 0 Å². The van der Waals surface area contributed by atoms with Gasteiger partial charge in [-0.1, -0.05) is 6.92 Å². The maximum absolute atomic E-state index is 4.33. The number of hydrogen-bond donors (Lipinski definition) is 1. The summed E-state index contributed by atoms with van der Waals surface area (Å²) in [5.74, 6) is 0. The van der Waals surface area contributed by atoms with Crippen LogP contribution in [0.4, 0.5) is 0 Å². The summed E-state index contributed by atoms with van der Waals surface area (Å²) < 4.78 is 2.32. The fourth-order valence-corrected chi connectivity index (χ4v) is 3.97. The number of aromatic nitrogens is 2. The molecule has 1 aromatic heterocycles. The Morgan fingerprint density at radius 3 is 3.05 bits per heavy atom. The normalized spacial score (nSPS) is 28.1. The average molecular weight is 276 g/mol. The second kappa shape index (κ2) is 6.27. The molecule has 112 valence electrons. The summed E-state index contributed by atoms with van der Waals surface area (Å²) in [6.45, 7) is 9.34. The summed E-state index contributed by atoms with van der Waals surface area (Å²) in [6.07, 6.45) is 10.7. The van der Waals surface area contributed by atoms with Gasteiger partial charge in [-0.2, -0.15) is 0 Å². The Labute approximate surface area is 122 Å². The van der Waals surface area contributed by atoms with E-state index >= 15 is 0 Å². The lowest BCUT2D eigenvalue weighted by atomic mass is 9.74. The van der Waals surface area contributed by atoms with E-state index in [1.54, 1.807) is 0 Å². The molecule has 4 nitrogen and oxygen atoms in total. The van der Waals surface area contributed by atoms with Crippen molar-refractivity contribution < 1.29 is 0 Å². The summed E-state index contributed by atoms with van der Waals surface area (Å²) in [6, 6.07) is 0. The van der Waals surface area contributed by atoms with Gasteiger partial charge in [0, 0.05) is 32.4 Å². The quantitative estimate of drug-likeness (QED) is 0.916. The molecule has 1 unspecified atom stereocenters. The van der Waals surface area contributed by atoms with Crippen LogP contribution >= 0.6 is 0 Å². The fourth-order valence-electron chi connectivity index (χ4n) is 3.97. The number of nitrogens with one attached hydrogen (secondary N) is 1. The van der Waals surface area contributed by atoms with Crippen LogP contribution in [0.15, 0.2) is 12.5 Å². The molecular formula is C16H28N4. The van der Waals surface area contributed by atoms with Gasteiger partial charge >= 0.3 is 0 Å². The Morgan fingerprint density at radius 1 is 1.35 bits per heavy atom. The van der Waals surface area contributed by atoms with Gasteiger partial charge in [0.05, 0.1) is 12.0 Å². The average Bonchev–Trinajstić information content (AvgIpc) is 2.88. The van der Waals surface area contributed by atoms with Gasteiger partial charge in [-0.15, -0.1) is 0 Å². The van der Waals surface area contributed by atoms with Crippen molar-refractivity contribution in [2.75, 3.05) is 26.2 Å². The monoisotopic (exact) mass is 276 g/mol. The lowest BCUT2D eigenvalue weighted by Crippen LogP contribution is -2.50. The zero-order valence-electron chi connectivity index (χ0n) is 12.8. The lowest BCUT2D eigenvalue weighted by Gasteiger charge is -2.45. The number of piperidine rings is 2. The molecule has 3 rings (SSSR count). The van der Waals surface area contributed by atoms with Crippen molar-refractivity contribution in [1.82, 2.24) is 19.8 Å².